The fraction of sp³-hybridized carbons (Fsp3) is 0.393. The van der Waals surface area contributed by atoms with Crippen molar-refractivity contribution in [2.45, 2.75) is 50.2 Å². The van der Waals surface area contributed by atoms with Gasteiger partial charge in [0, 0.05) is 6.42 Å². The van der Waals surface area contributed by atoms with Gasteiger partial charge in [0.2, 0.25) is 23.6 Å². The van der Waals surface area contributed by atoms with E-state index < -0.39 is 60.8 Å². The van der Waals surface area contributed by atoms with Gasteiger partial charge < -0.3 is 42.9 Å². The third-order valence-electron chi connectivity index (χ3n) is 6.09. The number of amides is 4. The van der Waals surface area contributed by atoms with Crippen molar-refractivity contribution in [1.82, 2.24) is 21.3 Å². The molecule has 2 rings (SSSR count). The van der Waals surface area contributed by atoms with E-state index in [2.05, 4.69) is 21.3 Å². The van der Waals surface area contributed by atoms with E-state index in [0.717, 1.165) is 11.1 Å². The number of carboxylic acids is 1. The molecule has 0 aliphatic rings. The van der Waals surface area contributed by atoms with Gasteiger partial charge in [0.25, 0.3) is 0 Å². The van der Waals surface area contributed by atoms with Gasteiger partial charge in [-0.1, -0.05) is 42.5 Å². The molecular formula is C28H38N6O7. The van der Waals surface area contributed by atoms with Crippen molar-refractivity contribution >= 4 is 29.6 Å². The van der Waals surface area contributed by atoms with Gasteiger partial charge in [-0.15, -0.1) is 0 Å². The maximum atomic E-state index is 12.8. The molecule has 0 radical (unpaired) electrons. The van der Waals surface area contributed by atoms with Gasteiger partial charge >= 0.3 is 5.97 Å². The Hall–Kier alpha value is -4.49. The predicted molar refractivity (Wildman–Crippen MR) is 150 cm³/mol. The average Bonchev–Trinajstić information content (AvgIpc) is 2.95. The number of carbonyl (C=O) groups excluding carboxylic acids is 4. The van der Waals surface area contributed by atoms with Crippen LogP contribution in [-0.4, -0.2) is 77.6 Å². The number of benzene rings is 2. The quantitative estimate of drug-likeness (QED) is 0.108. The molecule has 0 bridgehead atoms. The molecule has 3 atom stereocenters. The second-order valence-corrected chi connectivity index (χ2v) is 9.47. The first-order valence-corrected chi connectivity index (χ1v) is 13.2. The lowest BCUT2D eigenvalue weighted by molar-refractivity contribution is -0.141. The lowest BCUT2D eigenvalue weighted by atomic mass is 10.0. The maximum Gasteiger partial charge on any atom is 0.326 e. The number of hydrogen-bond donors (Lipinski definition) is 8. The number of rotatable bonds is 17. The van der Waals surface area contributed by atoms with E-state index in [4.69, 9.17) is 11.5 Å². The Morgan fingerprint density at radius 1 is 0.732 bits per heavy atom. The van der Waals surface area contributed by atoms with Crippen LogP contribution in [0.2, 0.25) is 0 Å². The second kappa shape index (κ2) is 17.3. The molecule has 2 aromatic carbocycles. The molecule has 0 saturated heterocycles. The molecule has 0 aromatic heterocycles. The van der Waals surface area contributed by atoms with Gasteiger partial charge in [-0.25, -0.2) is 4.79 Å². The summed E-state index contributed by atoms with van der Waals surface area (Å²) in [5.41, 5.74) is 13.0. The second-order valence-electron chi connectivity index (χ2n) is 9.47. The van der Waals surface area contributed by atoms with E-state index in [1.54, 1.807) is 42.5 Å². The number of carboxylic acid groups (broad SMARTS) is 1. The van der Waals surface area contributed by atoms with E-state index in [9.17, 15) is 34.2 Å². The van der Waals surface area contributed by atoms with Crippen molar-refractivity contribution in [3.63, 3.8) is 0 Å². The van der Waals surface area contributed by atoms with Crippen molar-refractivity contribution < 1.29 is 34.2 Å². The first-order valence-electron chi connectivity index (χ1n) is 13.2. The summed E-state index contributed by atoms with van der Waals surface area (Å²) in [5, 5.41) is 28.6. The molecule has 2 aromatic rings. The molecule has 0 unspecified atom stereocenters. The Balaban J connectivity index is 1.83. The van der Waals surface area contributed by atoms with Gasteiger partial charge in [-0.2, -0.15) is 0 Å². The average molecular weight is 571 g/mol. The first-order chi connectivity index (χ1) is 19.6. The molecule has 222 valence electrons. The maximum absolute atomic E-state index is 12.8. The largest absolute Gasteiger partial charge is 0.508 e. The SMILES string of the molecule is NCCCC[C@H](NC(=O)[C@@H](N)Cc1ccc(O)cc1)C(=O)NCC(=O)NCC(=O)N[C@@H](Cc1ccccc1)C(=O)O. The summed E-state index contributed by atoms with van der Waals surface area (Å²) in [6, 6.07) is 11.9. The number of phenolic OH excluding ortho intramolecular Hbond substituents is 1. The Bertz CT molecular complexity index is 1160. The molecular weight excluding hydrogens is 532 g/mol. The highest BCUT2D eigenvalue weighted by atomic mass is 16.4. The Morgan fingerprint density at radius 2 is 1.37 bits per heavy atom. The van der Waals surface area contributed by atoms with Crippen LogP contribution in [-0.2, 0) is 36.8 Å². The number of nitrogens with one attached hydrogen (secondary N) is 4. The standard InChI is InChI=1S/C28H38N6O7/c29-13-5-4-8-22(34-26(38)21(30)14-19-9-11-20(35)12-10-19)27(39)32-16-24(36)31-17-25(37)33-23(28(40)41)15-18-6-2-1-3-7-18/h1-3,6-7,9-12,21-23,35H,4-5,8,13-17,29-30H2,(H,31,36)(H,32,39)(H,33,37)(H,34,38)(H,40,41)/t21-,22-,23-/m0/s1. The molecule has 0 saturated carbocycles. The number of carbonyl (C=O) groups is 5. The molecule has 0 fully saturated rings. The minimum Gasteiger partial charge on any atom is -0.508 e. The fourth-order valence-electron chi connectivity index (χ4n) is 3.85. The number of aliphatic carboxylic acids is 1. The Labute approximate surface area is 238 Å². The number of hydrogen-bond acceptors (Lipinski definition) is 8. The van der Waals surface area contributed by atoms with E-state index >= 15 is 0 Å². The van der Waals surface area contributed by atoms with Gasteiger partial charge in [-0.05, 0) is 55.5 Å². The number of unbranched alkanes of at least 4 members (excludes halogenated alkanes) is 1. The van der Waals surface area contributed by atoms with Crippen LogP contribution in [0.15, 0.2) is 54.6 Å². The van der Waals surface area contributed by atoms with E-state index in [1.807, 2.05) is 0 Å². The molecule has 0 aliphatic heterocycles. The topological polar surface area (TPSA) is 226 Å². The number of phenols is 1. The molecule has 0 aliphatic carbocycles. The highest BCUT2D eigenvalue weighted by Gasteiger charge is 2.24. The summed E-state index contributed by atoms with van der Waals surface area (Å²) in [5.74, 6) is -3.69. The minimum atomic E-state index is -1.22. The van der Waals surface area contributed by atoms with Crippen molar-refractivity contribution in [1.29, 1.82) is 0 Å². The molecule has 4 amide bonds. The van der Waals surface area contributed by atoms with Crippen LogP contribution < -0.4 is 32.7 Å². The Morgan fingerprint density at radius 3 is 2.00 bits per heavy atom. The van der Waals surface area contributed by atoms with Crippen molar-refractivity contribution in [2.75, 3.05) is 19.6 Å². The van der Waals surface area contributed by atoms with Gasteiger partial charge in [0.05, 0.1) is 19.1 Å². The van der Waals surface area contributed by atoms with Crippen molar-refractivity contribution in [3.8, 4) is 5.75 Å². The minimum absolute atomic E-state index is 0.0712. The van der Waals surface area contributed by atoms with Crippen LogP contribution in [0.3, 0.4) is 0 Å². The highest BCUT2D eigenvalue weighted by molar-refractivity contribution is 5.93. The fourth-order valence-corrected chi connectivity index (χ4v) is 3.85. The van der Waals surface area contributed by atoms with Crippen LogP contribution >= 0.6 is 0 Å². The Kier molecular flexibility index (Phi) is 13.8. The van der Waals surface area contributed by atoms with Crippen molar-refractivity contribution in [2.24, 2.45) is 11.5 Å². The smallest absolute Gasteiger partial charge is 0.326 e. The highest BCUT2D eigenvalue weighted by Crippen LogP contribution is 2.11. The van der Waals surface area contributed by atoms with Crippen LogP contribution in [0.25, 0.3) is 0 Å². The lowest BCUT2D eigenvalue weighted by Gasteiger charge is -2.21. The molecule has 0 heterocycles. The lowest BCUT2D eigenvalue weighted by Crippen LogP contribution is -2.53. The molecule has 13 nitrogen and oxygen atoms in total. The summed E-state index contributed by atoms with van der Waals surface area (Å²) in [7, 11) is 0. The molecule has 0 spiro atoms. The normalized spacial score (nSPS) is 12.8. The first kappa shape index (κ1) is 32.7. The predicted octanol–water partition coefficient (Wildman–Crippen LogP) is -1.08. The van der Waals surface area contributed by atoms with Crippen LogP contribution in [0, 0.1) is 0 Å². The van der Waals surface area contributed by atoms with Crippen LogP contribution in [0.5, 0.6) is 5.75 Å². The summed E-state index contributed by atoms with van der Waals surface area (Å²) >= 11 is 0. The summed E-state index contributed by atoms with van der Waals surface area (Å²) in [6.07, 6.45) is 1.69. The van der Waals surface area contributed by atoms with Gasteiger partial charge in [0.15, 0.2) is 0 Å². The third-order valence-corrected chi connectivity index (χ3v) is 6.09. The van der Waals surface area contributed by atoms with Crippen LogP contribution in [0.4, 0.5) is 0 Å². The zero-order valence-corrected chi connectivity index (χ0v) is 22.7. The molecule has 13 heteroatoms. The summed E-state index contributed by atoms with van der Waals surface area (Å²) in [4.78, 5) is 61.4. The summed E-state index contributed by atoms with van der Waals surface area (Å²) in [6.45, 7) is -0.557. The van der Waals surface area contributed by atoms with Gasteiger partial charge in [-0.3, -0.25) is 19.2 Å². The zero-order valence-electron chi connectivity index (χ0n) is 22.7. The van der Waals surface area contributed by atoms with E-state index in [1.165, 1.54) is 12.1 Å². The monoisotopic (exact) mass is 570 g/mol. The number of nitrogens with two attached hydrogens (primary N) is 2. The number of aromatic hydroxyl groups is 1. The van der Waals surface area contributed by atoms with Gasteiger partial charge in [0.1, 0.15) is 17.8 Å². The molecule has 10 N–H and O–H groups in total. The van der Waals surface area contributed by atoms with Crippen LogP contribution in [0.1, 0.15) is 30.4 Å². The van der Waals surface area contributed by atoms with Crippen molar-refractivity contribution in [3.05, 3.63) is 65.7 Å². The molecule has 41 heavy (non-hydrogen) atoms. The summed E-state index contributed by atoms with van der Waals surface area (Å²) < 4.78 is 0. The van der Waals surface area contributed by atoms with E-state index in [-0.39, 0.29) is 25.0 Å². The third kappa shape index (κ3) is 12.5. The van der Waals surface area contributed by atoms with E-state index in [0.29, 0.717) is 19.4 Å². The zero-order chi connectivity index (χ0) is 30.2.